The molecule has 4 amide bonds. The Balaban J connectivity index is 0.865. The minimum Gasteiger partial charge on any atom is -0.494 e. The van der Waals surface area contributed by atoms with Gasteiger partial charge in [0.2, 0.25) is 17.7 Å². The van der Waals surface area contributed by atoms with Crippen LogP contribution < -0.4 is 25.2 Å². The first kappa shape index (κ1) is 50.5. The number of hydrogen-bond donors (Lipinski definition) is 3. The lowest BCUT2D eigenvalue weighted by Gasteiger charge is -2.35. The number of β-amino-alcohol motifs (C(OH)–C–C–N with tert-alkyl or cyclic N) is 1. The van der Waals surface area contributed by atoms with Gasteiger partial charge in [-0.2, -0.15) is 5.26 Å². The Hall–Kier alpha value is -5.90. The zero-order valence-electron chi connectivity index (χ0n) is 38.7. The summed E-state index contributed by atoms with van der Waals surface area (Å²) in [4.78, 5) is 62.5. The molecule has 0 spiro atoms. The monoisotopic (exact) mass is 955 g/mol. The molecule has 18 heteroatoms. The zero-order valence-corrected chi connectivity index (χ0v) is 40.2. The van der Waals surface area contributed by atoms with Crippen LogP contribution in [0.5, 0.6) is 5.75 Å². The number of amides is 4. The third-order valence-corrected chi connectivity index (χ3v) is 12.3. The lowest BCUT2D eigenvalue weighted by molar-refractivity contribution is -0.144. The number of anilines is 2. The number of likely N-dealkylation sites (tertiary alicyclic amines) is 1. The Morgan fingerprint density at radius 2 is 1.75 bits per heavy atom. The molecule has 3 heterocycles. The van der Waals surface area contributed by atoms with Crippen LogP contribution in [0.4, 0.5) is 11.4 Å². The summed E-state index contributed by atoms with van der Waals surface area (Å²) in [5.41, 5.74) is 2.46. The minimum absolute atomic E-state index is 0.0265. The van der Waals surface area contributed by atoms with Crippen molar-refractivity contribution in [1.82, 2.24) is 20.5 Å². The molecule has 2 aliphatic heterocycles. The Kier molecular flexibility index (Phi) is 16.8. The largest absolute Gasteiger partial charge is 0.494 e. The molecule has 0 saturated carbocycles. The van der Waals surface area contributed by atoms with Crippen molar-refractivity contribution in [1.29, 1.82) is 5.26 Å². The molecule has 2 fully saturated rings. The maximum absolute atomic E-state index is 13.9. The second-order valence-corrected chi connectivity index (χ2v) is 18.9. The molecule has 1 aromatic heterocycles. The van der Waals surface area contributed by atoms with Gasteiger partial charge < -0.3 is 44.2 Å². The average molecular weight is 957 g/mol. The quantitative estimate of drug-likeness (QED) is 0.0643. The number of carbonyl (C=O) groups is 4. The number of unbranched alkanes of at least 4 members (excludes halogenated alkanes) is 1. The number of aryl methyl sites for hydroxylation is 1. The van der Waals surface area contributed by atoms with Crippen LogP contribution >= 0.6 is 23.8 Å². The number of halogens is 1. The number of aliphatic hydroxyl groups excluding tert-OH is 1. The van der Waals surface area contributed by atoms with Crippen molar-refractivity contribution in [2.45, 2.75) is 97.5 Å². The Bertz CT molecular complexity index is 2450. The Morgan fingerprint density at radius 3 is 2.42 bits per heavy atom. The second-order valence-electron chi connectivity index (χ2n) is 18.2. The van der Waals surface area contributed by atoms with Crippen LogP contribution in [-0.4, -0.2) is 107 Å². The number of nitrogens with zero attached hydrogens (tertiary/aromatic N) is 5. The number of rotatable bonds is 20. The van der Waals surface area contributed by atoms with Crippen molar-refractivity contribution >= 4 is 63.9 Å². The van der Waals surface area contributed by atoms with E-state index in [-0.39, 0.29) is 43.7 Å². The van der Waals surface area contributed by atoms with E-state index in [4.69, 9.17) is 42.4 Å². The van der Waals surface area contributed by atoms with Crippen molar-refractivity contribution in [3.63, 3.8) is 0 Å². The summed E-state index contributed by atoms with van der Waals surface area (Å²) in [6, 6.07) is 18.1. The van der Waals surface area contributed by atoms with Gasteiger partial charge in [-0.15, -0.1) is 0 Å². The standard InChI is InChI=1S/C49H58ClN7O9S/c1-31-22-37(16-17-39(31)57-47(67)56(46(62)49(57,5)6)35-15-14-34(25-51)38(50)23-35)65-21-8-7-18-63-19-9-20-64-29-42(59)54-43(48(2,3)4)45(61)55-28-36(58)24-40(55)44(60)53-26-32-10-12-33(13-11-32)41-27-52-30-66-41/h10-17,22-23,27,30,36,40,43,58H,7-9,18-21,24,26,28-29H2,1-6H3,(H,53,60)(H,54,59)/t36-,40+,43?/m1/s1. The molecule has 6 rings (SSSR count). The normalized spacial score (nSPS) is 17.4. The van der Waals surface area contributed by atoms with Crippen LogP contribution in [0.15, 0.2) is 77.7 Å². The van der Waals surface area contributed by atoms with Gasteiger partial charge in [0, 0.05) is 50.6 Å². The third-order valence-electron chi connectivity index (χ3n) is 11.6. The molecule has 4 aromatic rings. The van der Waals surface area contributed by atoms with E-state index in [1.54, 1.807) is 24.4 Å². The predicted octanol–water partition coefficient (Wildman–Crippen LogP) is 6.48. The van der Waals surface area contributed by atoms with Gasteiger partial charge in [-0.05, 0) is 105 Å². The number of hydrogen-bond acceptors (Lipinski definition) is 12. The molecular weight excluding hydrogens is 898 g/mol. The molecule has 0 aliphatic carbocycles. The molecular formula is C49H58ClN7O9S. The van der Waals surface area contributed by atoms with E-state index in [1.807, 2.05) is 95.0 Å². The maximum atomic E-state index is 13.9. The summed E-state index contributed by atoms with van der Waals surface area (Å²) in [6.45, 7) is 12.7. The Labute approximate surface area is 401 Å². The van der Waals surface area contributed by atoms with Gasteiger partial charge in [0.15, 0.2) is 17.3 Å². The van der Waals surface area contributed by atoms with Crippen LogP contribution in [0.2, 0.25) is 5.02 Å². The lowest BCUT2D eigenvalue weighted by Crippen LogP contribution is -2.58. The van der Waals surface area contributed by atoms with E-state index >= 15 is 0 Å². The van der Waals surface area contributed by atoms with Crippen LogP contribution in [0.3, 0.4) is 0 Å². The van der Waals surface area contributed by atoms with E-state index in [2.05, 4.69) is 15.6 Å². The molecule has 16 nitrogen and oxygen atoms in total. The van der Waals surface area contributed by atoms with Crippen molar-refractivity contribution in [2.24, 2.45) is 5.41 Å². The topological polar surface area (TPSA) is 200 Å². The van der Waals surface area contributed by atoms with Gasteiger partial charge in [0.05, 0.1) is 35.2 Å². The van der Waals surface area contributed by atoms with Crippen LogP contribution in [0, 0.1) is 23.7 Å². The number of nitriles is 1. The number of aliphatic hydroxyl groups is 1. The summed E-state index contributed by atoms with van der Waals surface area (Å²) in [6.07, 6.45) is 4.26. The van der Waals surface area contributed by atoms with Crippen molar-refractivity contribution < 1.29 is 42.9 Å². The van der Waals surface area contributed by atoms with Gasteiger partial charge in [-0.1, -0.05) is 56.6 Å². The van der Waals surface area contributed by atoms with Crippen molar-refractivity contribution in [3.8, 4) is 23.1 Å². The SMILES string of the molecule is Cc1cc(OCCCCOCCCOCC(=O)NC(C(=O)N2C[C@H](O)C[C@H]2C(=O)NCc2ccc(-c3cnco3)cc2)C(C)(C)C)ccc1N1C(=S)N(c2ccc(C#N)c(Cl)c2)C(=O)C1(C)C. The summed E-state index contributed by atoms with van der Waals surface area (Å²) < 4.78 is 22.7. The highest BCUT2D eigenvalue weighted by Crippen LogP contribution is 2.39. The second kappa shape index (κ2) is 22.3. The van der Waals surface area contributed by atoms with E-state index in [9.17, 15) is 29.5 Å². The fraction of sp³-hybridized carbons (Fsp3) is 0.449. The molecule has 67 heavy (non-hydrogen) atoms. The highest BCUT2D eigenvalue weighted by Gasteiger charge is 2.51. The maximum Gasteiger partial charge on any atom is 0.259 e. The fourth-order valence-corrected chi connectivity index (χ4v) is 8.66. The fourth-order valence-electron chi connectivity index (χ4n) is 7.93. The number of nitrogens with one attached hydrogen (secondary N) is 2. The number of benzene rings is 3. The van der Waals surface area contributed by atoms with Crippen molar-refractivity contribution in [3.05, 3.63) is 95.0 Å². The molecule has 3 aromatic carbocycles. The summed E-state index contributed by atoms with van der Waals surface area (Å²) in [7, 11) is 0. The van der Waals surface area contributed by atoms with E-state index in [0.29, 0.717) is 54.1 Å². The number of ether oxygens (including phenoxy) is 3. The van der Waals surface area contributed by atoms with Gasteiger partial charge in [0.25, 0.3) is 5.91 Å². The number of aromatic nitrogens is 1. The van der Waals surface area contributed by atoms with E-state index < -0.39 is 46.9 Å². The molecule has 356 valence electrons. The lowest BCUT2D eigenvalue weighted by atomic mass is 9.85. The number of oxazole rings is 1. The van der Waals surface area contributed by atoms with Gasteiger partial charge in [-0.25, -0.2) is 4.98 Å². The van der Waals surface area contributed by atoms with Crippen LogP contribution in [0.25, 0.3) is 11.3 Å². The van der Waals surface area contributed by atoms with E-state index in [0.717, 1.165) is 35.2 Å². The molecule has 3 atom stereocenters. The summed E-state index contributed by atoms with van der Waals surface area (Å²) in [5.74, 6) is -0.208. The van der Waals surface area contributed by atoms with Gasteiger partial charge in [0.1, 0.15) is 36.0 Å². The first-order valence-electron chi connectivity index (χ1n) is 22.2. The van der Waals surface area contributed by atoms with Crippen LogP contribution in [0.1, 0.15) is 77.0 Å². The first-order valence-corrected chi connectivity index (χ1v) is 23.0. The van der Waals surface area contributed by atoms with Gasteiger partial charge >= 0.3 is 0 Å². The number of carbonyl (C=O) groups excluding carboxylic acids is 4. The smallest absolute Gasteiger partial charge is 0.259 e. The predicted molar refractivity (Wildman–Crippen MR) is 256 cm³/mol. The molecule has 2 aliphatic rings. The Morgan fingerprint density at radius 1 is 1.03 bits per heavy atom. The first-order chi connectivity index (χ1) is 31.9. The average Bonchev–Trinajstić information content (AvgIpc) is 4.01. The minimum atomic E-state index is -0.979. The molecule has 2 saturated heterocycles. The highest BCUT2D eigenvalue weighted by atomic mass is 35.5. The zero-order chi connectivity index (χ0) is 48.5. The molecule has 3 N–H and O–H groups in total. The third kappa shape index (κ3) is 12.4. The number of thiocarbonyl (C=S) groups is 1. The molecule has 0 bridgehead atoms. The highest BCUT2D eigenvalue weighted by molar-refractivity contribution is 7.81. The van der Waals surface area contributed by atoms with E-state index in [1.165, 1.54) is 16.2 Å². The summed E-state index contributed by atoms with van der Waals surface area (Å²) in [5, 5.41) is 26.0. The molecule has 0 radical (unpaired) electrons. The van der Waals surface area contributed by atoms with Gasteiger partial charge in [-0.3, -0.25) is 24.1 Å². The molecule has 1 unspecified atom stereocenters. The van der Waals surface area contributed by atoms with Crippen LogP contribution in [-0.2, 0) is 35.2 Å². The summed E-state index contributed by atoms with van der Waals surface area (Å²) >= 11 is 12.1. The van der Waals surface area contributed by atoms with Crippen molar-refractivity contribution in [2.75, 3.05) is 49.4 Å².